The molecule has 0 atom stereocenters. The number of aromatic nitrogens is 8. The summed E-state index contributed by atoms with van der Waals surface area (Å²) in [6, 6.07) is 15.7. The monoisotopic (exact) mass is 866 g/mol. The van der Waals surface area contributed by atoms with Crippen molar-refractivity contribution in [2.75, 3.05) is 59.3 Å². The van der Waals surface area contributed by atoms with Gasteiger partial charge in [0.05, 0.1) is 34.8 Å². The number of halogens is 1. The number of methoxy groups -OCH3 is 2. The maximum Gasteiger partial charge on any atom is 0.328 e. The average Bonchev–Trinajstić information content (AvgIpc) is 3.73. The van der Waals surface area contributed by atoms with Gasteiger partial charge in [-0.2, -0.15) is 19.9 Å². The fourth-order valence-electron chi connectivity index (χ4n) is 5.40. The van der Waals surface area contributed by atoms with Gasteiger partial charge in [0.1, 0.15) is 30.0 Å². The van der Waals surface area contributed by atoms with Crippen LogP contribution in [0.3, 0.4) is 0 Å². The van der Waals surface area contributed by atoms with Crippen molar-refractivity contribution in [3.8, 4) is 12.0 Å². The van der Waals surface area contributed by atoms with Crippen molar-refractivity contribution in [3.63, 3.8) is 0 Å². The molecule has 4 heterocycles. The maximum atomic E-state index is 12.4. The number of aromatic amines is 2. The zero-order chi connectivity index (χ0) is 46.5. The highest BCUT2D eigenvalue weighted by Crippen LogP contribution is 2.20. The number of hydrogen-bond donors (Lipinski definition) is 5. The highest BCUT2D eigenvalue weighted by Gasteiger charge is 2.16. The molecule has 0 saturated carbocycles. The molecular formula is C40H52FN11O10. The van der Waals surface area contributed by atoms with Crippen LogP contribution in [0.1, 0.15) is 50.8 Å². The minimum Gasteiger partial charge on any atom is -0.461 e. The zero-order valence-corrected chi connectivity index (χ0v) is 35.1. The van der Waals surface area contributed by atoms with Gasteiger partial charge in [-0.15, -0.1) is 0 Å². The highest BCUT2D eigenvalue weighted by atomic mass is 19.1. The molecular weight excluding hydrogens is 814 g/mol. The van der Waals surface area contributed by atoms with Gasteiger partial charge in [-0.25, -0.2) is 9.59 Å². The van der Waals surface area contributed by atoms with E-state index in [1.165, 1.54) is 23.0 Å². The SMILES string of the molecule is CC(=O)OC(C)=O.COCCOc1nc(N)c2[nH]c(=O)n(Cc3ccc(CCC(C)=O)cc3)c2n1.COCCOc1nc(N)c2[nH]c(=O)n(Cc3ccc(CN)cc3)c2n1.[2H]CF. The number of carbonyl (C=O) groups excluding carboxylic acids is 3. The second kappa shape index (κ2) is 24.9. The minimum atomic E-state index is -1.00. The van der Waals surface area contributed by atoms with Crippen LogP contribution in [-0.4, -0.2) is 105 Å². The lowest BCUT2D eigenvalue weighted by Crippen LogP contribution is -2.18. The van der Waals surface area contributed by atoms with Crippen molar-refractivity contribution >= 4 is 51.7 Å². The average molecular weight is 867 g/mol. The summed E-state index contributed by atoms with van der Waals surface area (Å²) in [6.45, 7) is 6.43. The molecule has 334 valence electrons. The van der Waals surface area contributed by atoms with Gasteiger partial charge in [-0.1, -0.05) is 48.5 Å². The molecule has 62 heavy (non-hydrogen) atoms. The van der Waals surface area contributed by atoms with Crippen molar-refractivity contribution in [1.29, 1.82) is 0 Å². The fraction of sp³-hybridized carbons (Fsp3) is 0.375. The van der Waals surface area contributed by atoms with Crippen LogP contribution < -0.4 is 38.1 Å². The molecule has 6 aromatic rings. The summed E-state index contributed by atoms with van der Waals surface area (Å²) in [5, 5.41) is 0. The Morgan fingerprint density at radius 3 is 1.40 bits per heavy atom. The van der Waals surface area contributed by atoms with Gasteiger partial charge in [-0.05, 0) is 35.6 Å². The van der Waals surface area contributed by atoms with E-state index < -0.39 is 19.1 Å². The summed E-state index contributed by atoms with van der Waals surface area (Å²) >= 11 is 0. The number of nitrogens with two attached hydrogens (primary N) is 3. The predicted molar refractivity (Wildman–Crippen MR) is 227 cm³/mol. The van der Waals surface area contributed by atoms with E-state index in [0.717, 1.165) is 22.3 Å². The van der Waals surface area contributed by atoms with Gasteiger partial charge < -0.3 is 55.6 Å². The molecule has 0 aliphatic carbocycles. The first-order chi connectivity index (χ1) is 30.1. The van der Waals surface area contributed by atoms with Crippen LogP contribution >= 0.6 is 0 Å². The number of aryl methyl sites for hydroxylation is 1. The minimum absolute atomic E-state index is 0.0920. The molecule has 0 amide bonds. The van der Waals surface area contributed by atoms with Crippen molar-refractivity contribution in [1.82, 2.24) is 39.0 Å². The largest absolute Gasteiger partial charge is 0.461 e. The summed E-state index contributed by atoms with van der Waals surface area (Å²) in [7, 11) is 2.14. The molecule has 2 aromatic carbocycles. The molecule has 0 aliphatic rings. The summed E-state index contributed by atoms with van der Waals surface area (Å²) < 4.78 is 43.2. The van der Waals surface area contributed by atoms with E-state index in [9.17, 15) is 28.4 Å². The smallest absolute Gasteiger partial charge is 0.328 e. The van der Waals surface area contributed by atoms with Crippen LogP contribution in [0.25, 0.3) is 22.3 Å². The number of rotatable bonds is 16. The van der Waals surface area contributed by atoms with Crippen LogP contribution in [0, 0.1) is 0 Å². The van der Waals surface area contributed by atoms with Crippen molar-refractivity contribution < 1.29 is 43.8 Å². The Kier molecular flexibility index (Phi) is 19.1. The number of carbonyl (C=O) groups is 3. The maximum absolute atomic E-state index is 12.4. The van der Waals surface area contributed by atoms with Crippen LogP contribution in [-0.2, 0) is 54.6 Å². The molecule has 0 radical (unpaired) electrons. The number of ether oxygens (including phenoxy) is 5. The molecule has 6 rings (SSSR count). The predicted octanol–water partition coefficient (Wildman–Crippen LogP) is 2.21. The number of imidazole rings is 2. The standard InChI is InChI=1S/C19H23N5O4.C16H20N6O3.C4H6O3.CH3F/c1-12(25)3-4-13-5-7-14(8-6-13)11-24-17-15(21-19(24)26)16(20)22-18(23-17)28-10-9-27-2;1-24-6-7-25-15-20-13(18)12-14(21-15)22(16(23)19-12)9-11-4-2-10(8-17)3-5-11;1-3(5)7-4(2)6;1-2/h5-8H,3-4,9-11H2,1-2H3,(H,21,26)(H2,20,22,23);2-5H,6-9,17H2,1H3,(H,19,23)(H2,18,20,21);1-2H3;1H3/i;;;1D. The van der Waals surface area contributed by atoms with Crippen LogP contribution in [0.15, 0.2) is 58.1 Å². The number of ketones is 1. The third-order valence-corrected chi connectivity index (χ3v) is 8.31. The van der Waals surface area contributed by atoms with E-state index in [4.69, 9.17) is 37.5 Å². The third kappa shape index (κ3) is 14.9. The van der Waals surface area contributed by atoms with E-state index in [1.54, 1.807) is 21.1 Å². The number of esters is 2. The molecule has 4 aromatic heterocycles. The Balaban J connectivity index is 0.000000278. The van der Waals surface area contributed by atoms with Gasteiger partial charge in [-0.3, -0.25) is 23.1 Å². The van der Waals surface area contributed by atoms with Gasteiger partial charge in [0.2, 0.25) is 0 Å². The number of anilines is 2. The van der Waals surface area contributed by atoms with E-state index in [1.807, 2.05) is 48.5 Å². The third-order valence-electron chi connectivity index (χ3n) is 8.31. The second-order valence-corrected chi connectivity index (χ2v) is 13.0. The molecule has 0 spiro atoms. The molecule has 8 N–H and O–H groups in total. The zero-order valence-electron chi connectivity index (χ0n) is 36.1. The van der Waals surface area contributed by atoms with E-state index in [-0.39, 0.29) is 54.0 Å². The fourth-order valence-corrected chi connectivity index (χ4v) is 5.40. The number of fused-ring (bicyclic) bond motifs is 2. The van der Waals surface area contributed by atoms with E-state index >= 15 is 0 Å². The topological polar surface area (TPSA) is 303 Å². The van der Waals surface area contributed by atoms with Gasteiger partial charge in [0.25, 0.3) is 0 Å². The van der Waals surface area contributed by atoms with Crippen molar-refractivity contribution in [3.05, 3.63) is 91.8 Å². The van der Waals surface area contributed by atoms with Crippen LogP contribution in [0.4, 0.5) is 16.0 Å². The molecule has 0 fully saturated rings. The first kappa shape index (κ1) is 47.6. The lowest BCUT2D eigenvalue weighted by molar-refractivity contribution is -0.156. The first-order valence-corrected chi connectivity index (χ1v) is 18.8. The normalized spacial score (nSPS) is 10.7. The quantitative estimate of drug-likeness (QED) is 0.0529. The Morgan fingerprint density at radius 2 is 1.06 bits per heavy atom. The molecule has 21 nitrogen and oxygen atoms in total. The Labute approximate surface area is 356 Å². The van der Waals surface area contributed by atoms with Gasteiger partial charge in [0, 0.05) is 41.0 Å². The van der Waals surface area contributed by atoms with E-state index in [0.29, 0.717) is 68.0 Å². The number of H-pyrrole nitrogens is 2. The summed E-state index contributed by atoms with van der Waals surface area (Å²) in [4.78, 5) is 77.5. The van der Waals surface area contributed by atoms with Crippen molar-refractivity contribution in [2.24, 2.45) is 5.73 Å². The summed E-state index contributed by atoms with van der Waals surface area (Å²) in [6.07, 6.45) is 1.22. The Morgan fingerprint density at radius 1 is 0.677 bits per heavy atom. The van der Waals surface area contributed by atoms with Gasteiger partial charge in [0.15, 0.2) is 22.9 Å². The number of nitrogen functional groups attached to an aromatic ring is 2. The van der Waals surface area contributed by atoms with Crippen LogP contribution in [0.5, 0.6) is 12.0 Å². The Bertz CT molecular complexity index is 2510. The lowest BCUT2D eigenvalue weighted by Gasteiger charge is -2.07. The number of nitrogens with one attached hydrogen (secondary N) is 2. The molecule has 0 saturated heterocycles. The number of alkyl halides is 1. The number of nitrogens with zero attached hydrogens (tertiary/aromatic N) is 6. The van der Waals surface area contributed by atoms with E-state index in [2.05, 4.69) is 34.6 Å². The highest BCUT2D eigenvalue weighted by molar-refractivity contribution is 5.83. The molecule has 0 unspecified atom stereocenters. The number of hydrogen-bond acceptors (Lipinski definition) is 17. The number of benzene rings is 2. The number of Topliss-reactive ketones (excluding diaryl/α,β-unsaturated/α-hetero) is 1. The summed E-state index contributed by atoms with van der Waals surface area (Å²) in [5.41, 5.74) is 22.3. The lowest BCUT2D eigenvalue weighted by atomic mass is 10.1. The Hall–Kier alpha value is -7.04. The summed E-state index contributed by atoms with van der Waals surface area (Å²) in [5.74, 6) is -0.658. The first-order valence-electron chi connectivity index (χ1n) is 19.5. The van der Waals surface area contributed by atoms with Gasteiger partial charge >= 0.3 is 35.3 Å². The molecule has 0 aliphatic heterocycles. The van der Waals surface area contributed by atoms with Crippen LogP contribution in [0.2, 0.25) is 0 Å². The van der Waals surface area contributed by atoms with Crippen molar-refractivity contribution in [2.45, 2.75) is 53.2 Å². The molecule has 0 bridgehead atoms. The molecule has 22 heteroatoms. The second-order valence-electron chi connectivity index (χ2n) is 13.0.